The first-order valence-electron chi connectivity index (χ1n) is 5.37. The van der Waals surface area contributed by atoms with Gasteiger partial charge in [0, 0.05) is 12.1 Å². The van der Waals surface area contributed by atoms with Gasteiger partial charge in [0.25, 0.3) is 0 Å². The average Bonchev–Trinajstić information content (AvgIpc) is 2.27. The summed E-state index contributed by atoms with van der Waals surface area (Å²) in [4.78, 5) is 23.1. The van der Waals surface area contributed by atoms with Gasteiger partial charge in [-0.15, -0.1) is 0 Å². The van der Waals surface area contributed by atoms with Gasteiger partial charge in [0.15, 0.2) is 0 Å². The van der Waals surface area contributed by atoms with E-state index in [2.05, 4.69) is 0 Å². The van der Waals surface area contributed by atoms with Crippen LogP contribution in [0.4, 0.5) is 0 Å². The van der Waals surface area contributed by atoms with E-state index in [1.54, 1.807) is 6.07 Å². The molecule has 6 nitrogen and oxygen atoms in total. The highest BCUT2D eigenvalue weighted by Crippen LogP contribution is 2.18. The predicted molar refractivity (Wildman–Crippen MR) is 65.1 cm³/mol. The summed E-state index contributed by atoms with van der Waals surface area (Å²) in [6.45, 7) is -0.0649. The number of carboxylic acids is 1. The van der Waals surface area contributed by atoms with Crippen LogP contribution in [-0.4, -0.2) is 42.1 Å². The summed E-state index contributed by atoms with van der Waals surface area (Å²) in [5, 5.41) is 8.78. The minimum absolute atomic E-state index is 0.107. The normalized spacial score (nSPS) is 10.3. The summed E-state index contributed by atoms with van der Waals surface area (Å²) in [5.41, 5.74) is 5.90. The Morgan fingerprint density at radius 2 is 2.00 bits per heavy atom. The summed E-state index contributed by atoms with van der Waals surface area (Å²) in [6, 6.07) is 7.23. The molecule has 1 amide bonds. The van der Waals surface area contributed by atoms with Gasteiger partial charge >= 0.3 is 5.97 Å². The van der Waals surface area contributed by atoms with E-state index >= 15 is 0 Å². The standard InChI is InChI=1S/C12H16N2O4/c1-18-10-5-3-2-4-9(10)6-14(7-11(13)15)8-12(16)17/h2-5H,6-8H2,1H3,(H2,13,15)(H,16,17). The average molecular weight is 252 g/mol. The van der Waals surface area contributed by atoms with E-state index in [1.165, 1.54) is 12.0 Å². The summed E-state index contributed by atoms with van der Waals surface area (Å²) < 4.78 is 5.17. The fourth-order valence-electron chi connectivity index (χ4n) is 1.65. The molecule has 0 aliphatic rings. The van der Waals surface area contributed by atoms with Gasteiger partial charge < -0.3 is 15.6 Å². The lowest BCUT2D eigenvalue weighted by Crippen LogP contribution is -2.36. The van der Waals surface area contributed by atoms with E-state index in [1.807, 2.05) is 18.2 Å². The van der Waals surface area contributed by atoms with Crippen LogP contribution in [0.3, 0.4) is 0 Å². The molecule has 0 atom stereocenters. The van der Waals surface area contributed by atoms with Crippen molar-refractivity contribution in [1.82, 2.24) is 4.90 Å². The molecule has 0 saturated heterocycles. The number of ether oxygens (including phenoxy) is 1. The van der Waals surface area contributed by atoms with Crippen LogP contribution in [-0.2, 0) is 16.1 Å². The number of carboxylic acid groups (broad SMARTS) is 1. The molecular formula is C12H16N2O4. The highest BCUT2D eigenvalue weighted by atomic mass is 16.5. The van der Waals surface area contributed by atoms with Crippen molar-refractivity contribution < 1.29 is 19.4 Å². The number of aliphatic carboxylic acids is 1. The maximum Gasteiger partial charge on any atom is 0.317 e. The molecule has 1 aromatic carbocycles. The smallest absolute Gasteiger partial charge is 0.317 e. The first-order valence-corrected chi connectivity index (χ1v) is 5.37. The maximum absolute atomic E-state index is 10.9. The zero-order chi connectivity index (χ0) is 13.5. The minimum Gasteiger partial charge on any atom is -0.496 e. The molecule has 1 rings (SSSR count). The summed E-state index contributed by atoms with van der Waals surface area (Å²) in [6.07, 6.45) is 0. The van der Waals surface area contributed by atoms with Gasteiger partial charge in [-0.3, -0.25) is 14.5 Å². The van der Waals surface area contributed by atoms with Crippen LogP contribution >= 0.6 is 0 Å². The topological polar surface area (TPSA) is 92.9 Å². The van der Waals surface area contributed by atoms with E-state index in [4.69, 9.17) is 15.6 Å². The van der Waals surface area contributed by atoms with Crippen molar-refractivity contribution in [3.8, 4) is 5.75 Å². The molecule has 3 N–H and O–H groups in total. The summed E-state index contributed by atoms with van der Waals surface area (Å²) in [7, 11) is 1.54. The molecule has 0 unspecified atom stereocenters. The van der Waals surface area contributed by atoms with Crippen LogP contribution in [0.2, 0.25) is 0 Å². The summed E-state index contributed by atoms with van der Waals surface area (Å²) >= 11 is 0. The van der Waals surface area contributed by atoms with E-state index < -0.39 is 11.9 Å². The molecule has 0 aliphatic heterocycles. The third-order valence-electron chi connectivity index (χ3n) is 2.32. The number of nitrogens with two attached hydrogens (primary N) is 1. The van der Waals surface area contributed by atoms with E-state index in [-0.39, 0.29) is 13.1 Å². The van der Waals surface area contributed by atoms with Gasteiger partial charge in [0.1, 0.15) is 5.75 Å². The van der Waals surface area contributed by atoms with Gasteiger partial charge in [-0.25, -0.2) is 0 Å². The van der Waals surface area contributed by atoms with Crippen molar-refractivity contribution >= 4 is 11.9 Å². The number of hydrogen-bond donors (Lipinski definition) is 2. The monoisotopic (exact) mass is 252 g/mol. The van der Waals surface area contributed by atoms with Crippen molar-refractivity contribution in [2.24, 2.45) is 5.73 Å². The third-order valence-corrected chi connectivity index (χ3v) is 2.32. The predicted octanol–water partition coefficient (Wildman–Crippen LogP) is 0.0671. The second kappa shape index (κ2) is 6.61. The van der Waals surface area contributed by atoms with Crippen LogP contribution in [0.1, 0.15) is 5.56 Å². The Balaban J connectivity index is 2.81. The number of primary amides is 1. The molecule has 18 heavy (non-hydrogen) atoms. The number of hydrogen-bond acceptors (Lipinski definition) is 4. The molecule has 1 aromatic rings. The van der Waals surface area contributed by atoms with E-state index in [0.29, 0.717) is 12.3 Å². The number of rotatable bonds is 7. The van der Waals surface area contributed by atoms with Crippen LogP contribution in [0.15, 0.2) is 24.3 Å². The second-order valence-electron chi connectivity index (χ2n) is 3.82. The quantitative estimate of drug-likeness (QED) is 0.716. The molecule has 98 valence electrons. The Morgan fingerprint density at radius 3 is 2.56 bits per heavy atom. The molecule has 0 aromatic heterocycles. The highest BCUT2D eigenvalue weighted by molar-refractivity contribution is 5.77. The lowest BCUT2D eigenvalue weighted by atomic mass is 10.2. The van der Waals surface area contributed by atoms with Crippen LogP contribution in [0, 0.1) is 0 Å². The molecule has 0 spiro atoms. The number of amides is 1. The van der Waals surface area contributed by atoms with Crippen LogP contribution in [0.25, 0.3) is 0 Å². The zero-order valence-corrected chi connectivity index (χ0v) is 10.1. The molecule has 0 bridgehead atoms. The minimum atomic E-state index is -1.01. The fourth-order valence-corrected chi connectivity index (χ4v) is 1.65. The third kappa shape index (κ3) is 4.42. The largest absolute Gasteiger partial charge is 0.496 e. The van der Waals surface area contributed by atoms with Crippen molar-refractivity contribution in [3.63, 3.8) is 0 Å². The zero-order valence-electron chi connectivity index (χ0n) is 10.1. The number of benzene rings is 1. The van der Waals surface area contributed by atoms with Crippen molar-refractivity contribution in [2.45, 2.75) is 6.54 Å². The molecule has 6 heteroatoms. The first-order chi connectivity index (χ1) is 8.52. The van der Waals surface area contributed by atoms with Gasteiger partial charge in [-0.05, 0) is 6.07 Å². The van der Waals surface area contributed by atoms with Gasteiger partial charge in [0.05, 0.1) is 20.2 Å². The Labute approximate surface area is 105 Å². The lowest BCUT2D eigenvalue weighted by Gasteiger charge is -2.19. The first kappa shape index (κ1) is 14.0. The highest BCUT2D eigenvalue weighted by Gasteiger charge is 2.14. The number of nitrogens with zero attached hydrogens (tertiary/aromatic N) is 1. The molecule has 0 fully saturated rings. The summed E-state index contributed by atoms with van der Waals surface area (Å²) in [5.74, 6) is -0.922. The van der Waals surface area contributed by atoms with Crippen LogP contribution in [0.5, 0.6) is 5.75 Å². The number of para-hydroxylation sites is 1. The Morgan fingerprint density at radius 1 is 1.33 bits per heavy atom. The van der Waals surface area contributed by atoms with E-state index in [0.717, 1.165) is 5.56 Å². The molecule has 0 heterocycles. The van der Waals surface area contributed by atoms with Gasteiger partial charge in [-0.2, -0.15) is 0 Å². The molecule has 0 saturated carbocycles. The molecule has 0 aliphatic carbocycles. The maximum atomic E-state index is 10.9. The number of methoxy groups -OCH3 is 1. The Bertz CT molecular complexity index is 418. The van der Waals surface area contributed by atoms with E-state index in [9.17, 15) is 9.59 Å². The number of carbonyl (C=O) groups is 2. The SMILES string of the molecule is COc1ccccc1CN(CC(N)=O)CC(=O)O. The van der Waals surface area contributed by atoms with Gasteiger partial charge in [0.2, 0.25) is 5.91 Å². The fraction of sp³-hybridized carbons (Fsp3) is 0.333. The van der Waals surface area contributed by atoms with Crippen molar-refractivity contribution in [3.05, 3.63) is 29.8 Å². The van der Waals surface area contributed by atoms with Gasteiger partial charge in [-0.1, -0.05) is 18.2 Å². The lowest BCUT2D eigenvalue weighted by molar-refractivity contribution is -0.138. The van der Waals surface area contributed by atoms with Crippen LogP contribution < -0.4 is 10.5 Å². The molecule has 0 radical (unpaired) electrons. The number of carbonyl (C=O) groups excluding carboxylic acids is 1. The Hall–Kier alpha value is -2.08. The Kier molecular flexibility index (Phi) is 5.13. The second-order valence-corrected chi connectivity index (χ2v) is 3.82. The molecular weight excluding hydrogens is 236 g/mol. The van der Waals surface area contributed by atoms with Crippen molar-refractivity contribution in [1.29, 1.82) is 0 Å². The van der Waals surface area contributed by atoms with Crippen molar-refractivity contribution in [2.75, 3.05) is 20.2 Å².